The number of hydrogen-bond acceptors (Lipinski definition) is 1. The largest absolute Gasteiger partial charge is 0.330 e. The van der Waals surface area contributed by atoms with E-state index in [1.807, 2.05) is 0 Å². The number of hydrogen-bond donors (Lipinski definition) is 1. The smallest absolute Gasteiger partial charge is 0.196 e. The second-order valence-electron chi connectivity index (χ2n) is 4.24. The molecule has 3 rings (SSSR count). The van der Waals surface area contributed by atoms with Gasteiger partial charge < -0.3 is 4.98 Å². The summed E-state index contributed by atoms with van der Waals surface area (Å²) in [5.41, 5.74) is 0.204. The zero-order chi connectivity index (χ0) is 15.3. The maximum absolute atomic E-state index is 13.9. The molecule has 2 aromatic carbocycles. The van der Waals surface area contributed by atoms with E-state index < -0.39 is 23.3 Å². The molecule has 2 nitrogen and oxygen atoms in total. The lowest BCUT2D eigenvalue weighted by Gasteiger charge is -2.07. The molecule has 0 fully saturated rings. The lowest BCUT2D eigenvalue weighted by atomic mass is 10.2. The zero-order valence-electron chi connectivity index (χ0n) is 10.1. The topological polar surface area (TPSA) is 20.7 Å². The molecule has 8 heteroatoms. The molecule has 21 heavy (non-hydrogen) atoms. The van der Waals surface area contributed by atoms with Crippen molar-refractivity contribution >= 4 is 34.9 Å². The zero-order valence-corrected chi connectivity index (χ0v) is 11.6. The summed E-state index contributed by atoms with van der Waals surface area (Å²) in [6, 6.07) is 4.12. The Kier molecular flexibility index (Phi) is 3.26. The van der Waals surface area contributed by atoms with Crippen LogP contribution in [-0.2, 0) is 0 Å². The average molecular weight is 333 g/mol. The fourth-order valence-electron chi connectivity index (χ4n) is 2.03. The van der Waals surface area contributed by atoms with Crippen molar-refractivity contribution in [3.8, 4) is 5.69 Å². The average Bonchev–Trinajstić information content (AvgIpc) is 2.73. The van der Waals surface area contributed by atoms with E-state index in [1.54, 1.807) is 0 Å². The number of nitrogens with one attached hydrogen (secondary N) is 1. The summed E-state index contributed by atoms with van der Waals surface area (Å²) in [5, 5.41) is -0.201. The second kappa shape index (κ2) is 4.85. The monoisotopic (exact) mass is 332 g/mol. The molecule has 0 spiro atoms. The van der Waals surface area contributed by atoms with Gasteiger partial charge in [0.15, 0.2) is 22.2 Å². The predicted octanol–water partition coefficient (Wildman–Crippen LogP) is 4.90. The first-order valence-electron chi connectivity index (χ1n) is 5.64. The number of H-pyrrole nitrogens is 1. The highest BCUT2D eigenvalue weighted by molar-refractivity contribution is 7.71. The minimum absolute atomic E-state index is 0.00317. The first-order chi connectivity index (χ1) is 9.90. The molecule has 1 heterocycles. The predicted molar refractivity (Wildman–Crippen MR) is 73.3 cm³/mol. The van der Waals surface area contributed by atoms with Gasteiger partial charge in [0.1, 0.15) is 5.82 Å². The molecule has 0 bridgehead atoms. The fourth-order valence-corrected chi connectivity index (χ4v) is 2.49. The van der Waals surface area contributed by atoms with Gasteiger partial charge >= 0.3 is 0 Å². The van der Waals surface area contributed by atoms with Crippen molar-refractivity contribution in [3.63, 3.8) is 0 Å². The van der Waals surface area contributed by atoms with Crippen molar-refractivity contribution in [1.29, 1.82) is 0 Å². The van der Waals surface area contributed by atoms with E-state index in [9.17, 15) is 17.6 Å². The standard InChI is InChI=1S/C13H5ClF4N2S/c14-5-3-10-8(4-7(5)16)19-13(21)20(10)9-2-1-6(15)11(17)12(9)18/h1-4H,(H,19,21). The van der Waals surface area contributed by atoms with Crippen LogP contribution < -0.4 is 0 Å². The summed E-state index contributed by atoms with van der Waals surface area (Å²) in [6.45, 7) is 0. The summed E-state index contributed by atoms with van der Waals surface area (Å²) >= 11 is 10.7. The van der Waals surface area contributed by atoms with E-state index in [4.69, 9.17) is 23.8 Å². The third-order valence-electron chi connectivity index (χ3n) is 2.98. The lowest BCUT2D eigenvalue weighted by Crippen LogP contribution is -2.02. The number of imidazole rings is 1. The highest BCUT2D eigenvalue weighted by atomic mass is 35.5. The van der Waals surface area contributed by atoms with E-state index in [0.717, 1.165) is 22.8 Å². The normalized spacial score (nSPS) is 11.3. The Balaban J connectivity index is 2.41. The van der Waals surface area contributed by atoms with Crippen molar-refractivity contribution in [2.45, 2.75) is 0 Å². The third kappa shape index (κ3) is 2.13. The van der Waals surface area contributed by atoms with Crippen LogP contribution >= 0.6 is 23.8 Å². The molecular weight excluding hydrogens is 328 g/mol. The molecule has 0 atom stereocenters. The van der Waals surface area contributed by atoms with E-state index in [1.165, 1.54) is 6.07 Å². The maximum Gasteiger partial charge on any atom is 0.196 e. The minimum Gasteiger partial charge on any atom is -0.330 e. The van der Waals surface area contributed by atoms with Gasteiger partial charge in [0.2, 0.25) is 0 Å². The van der Waals surface area contributed by atoms with Gasteiger partial charge in [-0.3, -0.25) is 4.57 Å². The van der Waals surface area contributed by atoms with Gasteiger partial charge in [-0.1, -0.05) is 11.6 Å². The first kappa shape index (κ1) is 14.1. The molecule has 108 valence electrons. The molecule has 1 aromatic heterocycles. The van der Waals surface area contributed by atoms with Crippen molar-refractivity contribution in [2.24, 2.45) is 0 Å². The number of halogens is 5. The summed E-state index contributed by atoms with van der Waals surface area (Å²) in [6.07, 6.45) is 0. The van der Waals surface area contributed by atoms with Gasteiger partial charge in [-0.25, -0.2) is 17.6 Å². The number of aromatic amines is 1. The lowest BCUT2D eigenvalue weighted by molar-refractivity contribution is 0.445. The van der Waals surface area contributed by atoms with Gasteiger partial charge in [0.25, 0.3) is 0 Å². The number of rotatable bonds is 1. The highest BCUT2D eigenvalue weighted by Gasteiger charge is 2.18. The van der Waals surface area contributed by atoms with Gasteiger partial charge in [0.05, 0.1) is 21.7 Å². The quantitative estimate of drug-likeness (QED) is 0.382. The third-order valence-corrected chi connectivity index (χ3v) is 3.55. The van der Waals surface area contributed by atoms with Crippen LogP contribution in [0.1, 0.15) is 0 Å². The number of nitrogens with zero attached hydrogens (tertiary/aromatic N) is 1. The van der Waals surface area contributed by atoms with Gasteiger partial charge in [-0.05, 0) is 30.4 Å². The molecule has 0 amide bonds. The molecular formula is C13H5ClF4N2S. The number of aromatic nitrogens is 2. The van der Waals surface area contributed by atoms with E-state index in [2.05, 4.69) is 4.98 Å². The fraction of sp³-hybridized carbons (Fsp3) is 0. The van der Waals surface area contributed by atoms with Crippen LogP contribution in [0.25, 0.3) is 16.7 Å². The Bertz CT molecular complexity index is 932. The second-order valence-corrected chi connectivity index (χ2v) is 5.04. The summed E-state index contributed by atoms with van der Waals surface area (Å²) < 4.78 is 54.8. The molecule has 3 aromatic rings. The Morgan fingerprint density at radius 3 is 2.43 bits per heavy atom. The number of benzene rings is 2. The maximum atomic E-state index is 13.9. The summed E-state index contributed by atoms with van der Waals surface area (Å²) in [7, 11) is 0. The van der Waals surface area contributed by atoms with E-state index >= 15 is 0 Å². The Labute approximate surface area is 125 Å². The van der Waals surface area contributed by atoms with Gasteiger partial charge in [-0.15, -0.1) is 0 Å². The molecule has 1 N–H and O–H groups in total. The number of fused-ring (bicyclic) bond motifs is 1. The van der Waals surface area contributed by atoms with Crippen LogP contribution in [0.2, 0.25) is 5.02 Å². The van der Waals surface area contributed by atoms with Crippen molar-refractivity contribution in [2.75, 3.05) is 0 Å². The SMILES string of the molecule is Fc1cc2[nH]c(=S)n(-c3ccc(F)c(F)c3F)c2cc1Cl. The minimum atomic E-state index is -1.61. The van der Waals surface area contributed by atoms with Crippen LogP contribution in [0.15, 0.2) is 24.3 Å². The molecule has 0 unspecified atom stereocenters. The van der Waals surface area contributed by atoms with Crippen LogP contribution in [0, 0.1) is 28.0 Å². The molecule has 0 saturated heterocycles. The van der Waals surface area contributed by atoms with Crippen LogP contribution in [0.4, 0.5) is 17.6 Å². The Morgan fingerprint density at radius 2 is 1.71 bits per heavy atom. The van der Waals surface area contributed by atoms with Crippen LogP contribution in [0.3, 0.4) is 0 Å². The van der Waals surface area contributed by atoms with Crippen LogP contribution in [0.5, 0.6) is 0 Å². The van der Waals surface area contributed by atoms with Crippen molar-refractivity contribution in [1.82, 2.24) is 9.55 Å². The Hall–Kier alpha value is -1.86. The van der Waals surface area contributed by atoms with E-state index in [0.29, 0.717) is 0 Å². The summed E-state index contributed by atoms with van der Waals surface area (Å²) in [5.74, 6) is -5.01. The van der Waals surface area contributed by atoms with Gasteiger partial charge in [-0.2, -0.15) is 0 Å². The van der Waals surface area contributed by atoms with E-state index in [-0.39, 0.29) is 26.5 Å². The molecule has 0 radical (unpaired) electrons. The Morgan fingerprint density at radius 1 is 1.00 bits per heavy atom. The molecule has 0 aliphatic rings. The highest BCUT2D eigenvalue weighted by Crippen LogP contribution is 2.27. The van der Waals surface area contributed by atoms with Crippen molar-refractivity contribution < 1.29 is 17.6 Å². The summed E-state index contributed by atoms with van der Waals surface area (Å²) in [4.78, 5) is 2.65. The molecule has 0 aliphatic carbocycles. The van der Waals surface area contributed by atoms with Crippen molar-refractivity contribution in [3.05, 3.63) is 57.3 Å². The molecule has 0 saturated carbocycles. The van der Waals surface area contributed by atoms with Gasteiger partial charge in [0, 0.05) is 6.07 Å². The first-order valence-corrected chi connectivity index (χ1v) is 6.42. The van der Waals surface area contributed by atoms with Crippen LogP contribution in [-0.4, -0.2) is 9.55 Å². The molecule has 0 aliphatic heterocycles.